The molecule has 0 spiro atoms. The number of H-pyrrole nitrogens is 1. The molecule has 3 aromatic heterocycles. The Morgan fingerprint density at radius 1 is 1.16 bits per heavy atom. The number of aromatic nitrogens is 7. The van der Waals surface area contributed by atoms with Crippen LogP contribution in [0, 0.1) is 11.8 Å². The Labute approximate surface area is 220 Å². The van der Waals surface area contributed by atoms with Gasteiger partial charge in [0.15, 0.2) is 0 Å². The van der Waals surface area contributed by atoms with Gasteiger partial charge in [-0.2, -0.15) is 5.21 Å². The van der Waals surface area contributed by atoms with Crippen LogP contribution in [0.15, 0.2) is 53.6 Å². The van der Waals surface area contributed by atoms with Gasteiger partial charge in [0.2, 0.25) is 5.82 Å². The van der Waals surface area contributed by atoms with Crippen molar-refractivity contribution in [3.8, 4) is 22.6 Å². The Morgan fingerprint density at radius 2 is 1.97 bits per heavy atom. The topological polar surface area (TPSA) is 132 Å². The Hall–Kier alpha value is -4.08. The van der Waals surface area contributed by atoms with Crippen LogP contribution >= 0.6 is 0 Å². The van der Waals surface area contributed by atoms with Gasteiger partial charge in [-0.25, -0.2) is 4.79 Å². The summed E-state index contributed by atoms with van der Waals surface area (Å²) in [5.41, 5.74) is 4.17. The lowest BCUT2D eigenvalue weighted by molar-refractivity contribution is -0.145. The van der Waals surface area contributed by atoms with E-state index in [1.54, 1.807) is 15.3 Å². The number of aliphatic carboxylic acids is 1. The Kier molecular flexibility index (Phi) is 7.48. The third-order valence-electron chi connectivity index (χ3n) is 7.64. The molecule has 3 unspecified atom stereocenters. The lowest BCUT2D eigenvalue weighted by atomic mass is 9.77. The van der Waals surface area contributed by atoms with Crippen LogP contribution in [-0.2, 0) is 17.8 Å². The molecule has 1 aliphatic carbocycles. The van der Waals surface area contributed by atoms with Crippen molar-refractivity contribution in [3.05, 3.63) is 70.5 Å². The minimum absolute atomic E-state index is 0.123. The summed E-state index contributed by atoms with van der Waals surface area (Å²) in [4.78, 5) is 30.5. The SMILES string of the molecule is CCCCc1cn(C2C(C)CCCC2C(=O)O)c(=O)n1Cc1ccc(-c2ccccc2-c2nn[nH]n2)nc1. The fourth-order valence-corrected chi connectivity index (χ4v) is 5.66. The van der Waals surface area contributed by atoms with Gasteiger partial charge in [-0.3, -0.25) is 18.9 Å². The van der Waals surface area contributed by atoms with Crippen LogP contribution in [0.4, 0.5) is 0 Å². The molecule has 10 heteroatoms. The zero-order chi connectivity index (χ0) is 26.6. The summed E-state index contributed by atoms with van der Waals surface area (Å²) in [5.74, 6) is -0.752. The minimum atomic E-state index is -0.822. The van der Waals surface area contributed by atoms with Crippen LogP contribution in [0.1, 0.15) is 63.3 Å². The number of nitrogens with one attached hydrogen (secondary N) is 1. The molecule has 2 N–H and O–H groups in total. The number of benzene rings is 1. The summed E-state index contributed by atoms with van der Waals surface area (Å²) < 4.78 is 3.50. The van der Waals surface area contributed by atoms with Crippen LogP contribution in [0.25, 0.3) is 22.6 Å². The molecule has 1 saturated carbocycles. The van der Waals surface area contributed by atoms with Gasteiger partial charge >= 0.3 is 11.7 Å². The van der Waals surface area contributed by atoms with Gasteiger partial charge in [0, 0.05) is 29.2 Å². The predicted molar refractivity (Wildman–Crippen MR) is 142 cm³/mol. The zero-order valence-electron chi connectivity index (χ0n) is 21.7. The second kappa shape index (κ2) is 11.1. The minimum Gasteiger partial charge on any atom is -0.481 e. The largest absolute Gasteiger partial charge is 0.481 e. The molecule has 1 aromatic carbocycles. The van der Waals surface area contributed by atoms with E-state index in [4.69, 9.17) is 4.98 Å². The van der Waals surface area contributed by atoms with Gasteiger partial charge < -0.3 is 5.11 Å². The number of carboxylic acids is 1. The van der Waals surface area contributed by atoms with Gasteiger partial charge in [-0.15, -0.1) is 10.2 Å². The number of hydrogen-bond donors (Lipinski definition) is 2. The summed E-state index contributed by atoms with van der Waals surface area (Å²) in [6.07, 6.45) is 8.82. The van der Waals surface area contributed by atoms with E-state index in [2.05, 4.69) is 34.5 Å². The lowest BCUT2D eigenvalue weighted by Crippen LogP contribution is -2.39. The number of imidazole rings is 1. The van der Waals surface area contributed by atoms with E-state index in [1.165, 1.54) is 0 Å². The van der Waals surface area contributed by atoms with Gasteiger partial charge in [-0.05, 0) is 48.4 Å². The summed E-state index contributed by atoms with van der Waals surface area (Å²) in [6, 6.07) is 11.3. The first kappa shape index (κ1) is 25.6. The second-order valence-corrected chi connectivity index (χ2v) is 10.2. The number of carbonyl (C=O) groups is 1. The molecule has 10 nitrogen and oxygen atoms in total. The predicted octanol–water partition coefficient (Wildman–Crippen LogP) is 4.34. The van der Waals surface area contributed by atoms with E-state index >= 15 is 0 Å². The molecule has 3 heterocycles. The molecule has 5 rings (SSSR count). The van der Waals surface area contributed by atoms with Crippen molar-refractivity contribution in [2.75, 3.05) is 0 Å². The van der Waals surface area contributed by atoms with Crippen molar-refractivity contribution in [2.45, 2.75) is 65.0 Å². The van der Waals surface area contributed by atoms with Crippen molar-refractivity contribution in [1.82, 2.24) is 34.7 Å². The van der Waals surface area contributed by atoms with Crippen molar-refractivity contribution in [2.24, 2.45) is 11.8 Å². The van der Waals surface area contributed by atoms with Crippen LogP contribution in [0.3, 0.4) is 0 Å². The maximum atomic E-state index is 13.7. The van der Waals surface area contributed by atoms with E-state index in [9.17, 15) is 14.7 Å². The molecule has 0 saturated heterocycles. The first-order valence-electron chi connectivity index (χ1n) is 13.3. The highest BCUT2D eigenvalue weighted by atomic mass is 16.4. The quantitative estimate of drug-likeness (QED) is 0.339. The first-order chi connectivity index (χ1) is 18.5. The van der Waals surface area contributed by atoms with E-state index in [1.807, 2.05) is 42.6 Å². The molecular formula is C28H33N7O3. The van der Waals surface area contributed by atoms with Gasteiger partial charge in [0.1, 0.15) is 0 Å². The molecule has 1 aliphatic rings. The average Bonchev–Trinajstić information content (AvgIpc) is 3.57. The monoisotopic (exact) mass is 515 g/mol. The van der Waals surface area contributed by atoms with Crippen LogP contribution < -0.4 is 5.69 Å². The summed E-state index contributed by atoms with van der Waals surface area (Å²) in [5, 5.41) is 24.2. The lowest BCUT2D eigenvalue weighted by Gasteiger charge is -2.34. The van der Waals surface area contributed by atoms with E-state index < -0.39 is 11.9 Å². The zero-order valence-corrected chi connectivity index (χ0v) is 21.7. The van der Waals surface area contributed by atoms with E-state index in [0.29, 0.717) is 18.8 Å². The van der Waals surface area contributed by atoms with Crippen molar-refractivity contribution in [1.29, 1.82) is 0 Å². The molecule has 0 bridgehead atoms. The summed E-state index contributed by atoms with van der Waals surface area (Å²) >= 11 is 0. The molecule has 1 fully saturated rings. The number of tetrazole rings is 1. The van der Waals surface area contributed by atoms with E-state index in [-0.39, 0.29) is 17.6 Å². The third kappa shape index (κ3) is 5.03. The summed E-state index contributed by atoms with van der Waals surface area (Å²) in [6.45, 7) is 4.56. The standard InChI is InChI=1S/C28H33N7O3/c1-3-4-9-20-17-35(25-18(2)8-7-12-23(25)27(36)37)28(38)34(20)16-19-13-14-24(29-15-19)21-10-5-6-11-22(21)26-30-32-33-31-26/h5-6,10-11,13-15,17-18,23,25H,3-4,7-9,12,16H2,1-2H3,(H,36,37)(H,30,31,32,33). The summed E-state index contributed by atoms with van der Waals surface area (Å²) in [7, 11) is 0. The highest BCUT2D eigenvalue weighted by Gasteiger charge is 2.38. The third-order valence-corrected chi connectivity index (χ3v) is 7.64. The number of rotatable bonds is 9. The molecule has 38 heavy (non-hydrogen) atoms. The van der Waals surface area contributed by atoms with Gasteiger partial charge in [0.25, 0.3) is 0 Å². The maximum Gasteiger partial charge on any atom is 0.328 e. The molecule has 3 atom stereocenters. The van der Waals surface area contributed by atoms with E-state index in [0.717, 1.165) is 60.2 Å². The van der Waals surface area contributed by atoms with Crippen molar-refractivity contribution in [3.63, 3.8) is 0 Å². The number of unbranched alkanes of at least 4 members (excludes halogenated alkanes) is 1. The van der Waals surface area contributed by atoms with Crippen LogP contribution in [0.2, 0.25) is 0 Å². The first-order valence-corrected chi connectivity index (χ1v) is 13.3. The average molecular weight is 516 g/mol. The normalized spacial score (nSPS) is 19.5. The molecule has 0 amide bonds. The fourth-order valence-electron chi connectivity index (χ4n) is 5.66. The van der Waals surface area contributed by atoms with Gasteiger partial charge in [0.05, 0.1) is 24.2 Å². The van der Waals surface area contributed by atoms with Crippen molar-refractivity contribution >= 4 is 5.97 Å². The highest BCUT2D eigenvalue weighted by Crippen LogP contribution is 2.38. The Morgan fingerprint density at radius 3 is 2.66 bits per heavy atom. The molecule has 198 valence electrons. The number of aryl methyl sites for hydroxylation is 1. The maximum absolute atomic E-state index is 13.7. The molecule has 0 aliphatic heterocycles. The van der Waals surface area contributed by atoms with Gasteiger partial charge in [-0.1, -0.05) is 57.0 Å². The number of aromatic amines is 1. The fraction of sp³-hybridized carbons (Fsp3) is 0.429. The second-order valence-electron chi connectivity index (χ2n) is 10.2. The molecular weight excluding hydrogens is 482 g/mol. The number of pyridine rings is 1. The molecule has 4 aromatic rings. The van der Waals surface area contributed by atoms with Crippen LogP contribution in [0.5, 0.6) is 0 Å². The molecule has 0 radical (unpaired) electrons. The van der Waals surface area contributed by atoms with Crippen LogP contribution in [-0.4, -0.2) is 45.8 Å². The smallest absolute Gasteiger partial charge is 0.328 e. The Bertz CT molecular complexity index is 1440. The highest BCUT2D eigenvalue weighted by molar-refractivity contribution is 5.78. The van der Waals surface area contributed by atoms with Crippen molar-refractivity contribution < 1.29 is 9.90 Å². The number of carboxylic acid groups (broad SMARTS) is 1. The Balaban J connectivity index is 1.46. The number of hydrogen-bond acceptors (Lipinski definition) is 6. The number of nitrogens with zero attached hydrogens (tertiary/aromatic N) is 6.